The molecular weight excluding hydrogens is 442 g/mol. The van der Waals surface area contributed by atoms with E-state index in [0.29, 0.717) is 11.3 Å². The maximum atomic E-state index is 9.94. The third-order valence-corrected chi connectivity index (χ3v) is 7.11. The van der Waals surface area contributed by atoms with E-state index in [9.17, 15) is 5.11 Å². The van der Waals surface area contributed by atoms with Gasteiger partial charge in [0.25, 0.3) is 0 Å². The van der Waals surface area contributed by atoms with E-state index >= 15 is 0 Å². The predicted molar refractivity (Wildman–Crippen MR) is 137 cm³/mol. The molecule has 0 aliphatic carbocycles. The van der Waals surface area contributed by atoms with Crippen LogP contribution in [0.1, 0.15) is 36.8 Å². The van der Waals surface area contributed by atoms with E-state index in [1.54, 1.807) is 7.11 Å². The van der Waals surface area contributed by atoms with E-state index in [1.165, 1.54) is 0 Å². The van der Waals surface area contributed by atoms with Gasteiger partial charge >= 0.3 is 0 Å². The monoisotopic (exact) mass is 473 g/mol. The van der Waals surface area contributed by atoms with Crippen molar-refractivity contribution in [2.45, 2.75) is 40.2 Å². The highest BCUT2D eigenvalue weighted by atomic mass is 16.5. The number of aromatic nitrogens is 3. The van der Waals surface area contributed by atoms with Crippen molar-refractivity contribution in [1.29, 1.82) is 0 Å². The molecule has 0 bridgehead atoms. The minimum absolute atomic E-state index is 0.0227. The van der Waals surface area contributed by atoms with E-state index in [4.69, 9.17) is 19.0 Å². The van der Waals surface area contributed by atoms with Gasteiger partial charge < -0.3 is 23.7 Å². The van der Waals surface area contributed by atoms with Gasteiger partial charge in [-0.3, -0.25) is 4.98 Å². The number of hydrogen-bond donors (Lipinski definition) is 1. The number of ether oxygens (including phenoxy) is 2. The summed E-state index contributed by atoms with van der Waals surface area (Å²) in [6.07, 6.45) is 6.10. The van der Waals surface area contributed by atoms with Crippen LogP contribution in [0.5, 0.6) is 5.75 Å². The number of rotatable bonds is 6. The van der Waals surface area contributed by atoms with Crippen molar-refractivity contribution in [1.82, 2.24) is 14.7 Å². The Labute approximate surface area is 205 Å². The maximum absolute atomic E-state index is 9.94. The fraction of sp³-hybridized carbons (Fsp3) is 0.357. The van der Waals surface area contributed by atoms with Crippen molar-refractivity contribution in [3.8, 4) is 28.0 Å². The van der Waals surface area contributed by atoms with Gasteiger partial charge in [-0.25, -0.2) is 0 Å². The highest BCUT2D eigenvalue weighted by Crippen LogP contribution is 2.39. The van der Waals surface area contributed by atoms with E-state index in [1.807, 2.05) is 38.2 Å². The summed E-state index contributed by atoms with van der Waals surface area (Å²) in [6, 6.07) is 7.91. The maximum Gasteiger partial charge on any atom is 0.141 e. The summed E-state index contributed by atoms with van der Waals surface area (Å²) in [4.78, 5) is 4.92. The van der Waals surface area contributed by atoms with Gasteiger partial charge in [0.15, 0.2) is 0 Å². The Morgan fingerprint density at radius 1 is 1.20 bits per heavy atom. The second-order valence-corrected chi connectivity index (χ2v) is 9.75. The molecule has 3 aromatic heterocycles. The number of methoxy groups -OCH3 is 1. The summed E-state index contributed by atoms with van der Waals surface area (Å²) < 4.78 is 18.9. The molecule has 35 heavy (non-hydrogen) atoms. The quantitative estimate of drug-likeness (QED) is 0.330. The molecule has 0 spiro atoms. The van der Waals surface area contributed by atoms with Crippen molar-refractivity contribution in [3.05, 3.63) is 60.3 Å². The first-order chi connectivity index (χ1) is 16.8. The Bertz CT molecular complexity index is 1390. The van der Waals surface area contributed by atoms with Crippen LogP contribution in [0.25, 0.3) is 39.0 Å². The fourth-order valence-electron chi connectivity index (χ4n) is 5.07. The number of fused-ring (bicyclic) bond motifs is 1. The van der Waals surface area contributed by atoms with Crippen molar-refractivity contribution in [2.75, 3.05) is 20.3 Å². The van der Waals surface area contributed by atoms with Crippen molar-refractivity contribution in [3.63, 3.8) is 0 Å². The molecule has 0 unspecified atom stereocenters. The van der Waals surface area contributed by atoms with Crippen molar-refractivity contribution >= 4 is 16.8 Å². The van der Waals surface area contributed by atoms with Crippen molar-refractivity contribution < 1.29 is 19.1 Å². The van der Waals surface area contributed by atoms with Crippen LogP contribution in [-0.2, 0) is 11.3 Å². The van der Waals surface area contributed by atoms with Crippen LogP contribution in [0.15, 0.2) is 47.8 Å². The summed E-state index contributed by atoms with van der Waals surface area (Å²) in [7, 11) is 1.59. The number of benzene rings is 1. The van der Waals surface area contributed by atoms with E-state index < -0.39 is 0 Å². The van der Waals surface area contributed by atoms with Gasteiger partial charge in [-0.1, -0.05) is 24.7 Å². The number of pyridine rings is 1. The first-order valence-corrected chi connectivity index (χ1v) is 11.9. The number of nitrogens with zero attached hydrogens (tertiary/aromatic N) is 3. The minimum Gasteiger partial charge on any atom is -0.508 e. The molecule has 1 aliphatic rings. The van der Waals surface area contributed by atoms with E-state index in [0.717, 1.165) is 77.3 Å². The Morgan fingerprint density at radius 3 is 2.63 bits per heavy atom. The molecule has 0 atom stereocenters. The van der Waals surface area contributed by atoms with Crippen LogP contribution < -0.4 is 4.74 Å². The largest absolute Gasteiger partial charge is 0.508 e. The zero-order chi connectivity index (χ0) is 24.7. The molecule has 4 aromatic rings. The summed E-state index contributed by atoms with van der Waals surface area (Å²) in [5.74, 6) is 1.33. The second-order valence-electron chi connectivity index (χ2n) is 9.75. The third-order valence-electron chi connectivity index (χ3n) is 7.11. The Hall–Kier alpha value is -3.58. The van der Waals surface area contributed by atoms with Gasteiger partial charge in [0, 0.05) is 48.8 Å². The van der Waals surface area contributed by atoms with Crippen LogP contribution in [0.2, 0.25) is 0 Å². The fourth-order valence-corrected chi connectivity index (χ4v) is 5.07. The van der Waals surface area contributed by atoms with Crippen LogP contribution in [-0.4, -0.2) is 40.1 Å². The molecule has 1 saturated heterocycles. The summed E-state index contributed by atoms with van der Waals surface area (Å²) in [5, 5.41) is 14.1. The molecule has 4 heterocycles. The minimum atomic E-state index is -0.0227. The second kappa shape index (κ2) is 8.89. The Balaban J connectivity index is 1.68. The normalized spacial score (nSPS) is 15.4. The van der Waals surface area contributed by atoms with Gasteiger partial charge in [0.05, 0.1) is 29.4 Å². The molecule has 1 aromatic carbocycles. The van der Waals surface area contributed by atoms with Gasteiger partial charge in [0.2, 0.25) is 0 Å². The smallest absolute Gasteiger partial charge is 0.141 e. The van der Waals surface area contributed by atoms with E-state index in [2.05, 4.69) is 35.5 Å². The molecule has 1 N–H and O–H groups in total. The van der Waals surface area contributed by atoms with Crippen LogP contribution in [0.3, 0.4) is 0 Å². The van der Waals surface area contributed by atoms with Crippen LogP contribution in [0, 0.1) is 19.3 Å². The predicted octanol–water partition coefficient (Wildman–Crippen LogP) is 6.33. The number of hydrogen-bond acceptors (Lipinski definition) is 6. The Kier molecular flexibility index (Phi) is 5.89. The average molecular weight is 474 g/mol. The highest BCUT2D eigenvalue weighted by Gasteiger charge is 2.29. The van der Waals surface area contributed by atoms with Crippen LogP contribution in [0.4, 0.5) is 0 Å². The lowest BCUT2D eigenvalue weighted by Gasteiger charge is -2.34. The molecule has 0 radical (unpaired) electrons. The number of aliphatic hydroxyl groups excluding tert-OH is 1. The first kappa shape index (κ1) is 23.2. The van der Waals surface area contributed by atoms with Gasteiger partial charge in [0.1, 0.15) is 17.3 Å². The molecule has 1 fully saturated rings. The molecule has 5 rings (SSSR count). The molecular formula is C28H31N3O4. The lowest BCUT2D eigenvalue weighted by atomic mass is 9.82. The average Bonchev–Trinajstić information content (AvgIpc) is 3.37. The third kappa shape index (κ3) is 4.21. The van der Waals surface area contributed by atoms with Crippen LogP contribution >= 0.6 is 0 Å². The SMILES string of the molecule is C=C(O)c1ccc(-c2cn(CC3(C)CCOCC3)c3cc(-c4c(C)noc4C)cnc23)cc1OC. The molecule has 0 amide bonds. The van der Waals surface area contributed by atoms with E-state index in [-0.39, 0.29) is 11.2 Å². The van der Waals surface area contributed by atoms with Crippen molar-refractivity contribution in [2.24, 2.45) is 5.41 Å². The lowest BCUT2D eigenvalue weighted by Crippen LogP contribution is -2.30. The molecule has 7 nitrogen and oxygen atoms in total. The lowest BCUT2D eigenvalue weighted by molar-refractivity contribution is 0.0161. The molecule has 1 aliphatic heterocycles. The molecule has 7 heteroatoms. The zero-order valence-electron chi connectivity index (χ0n) is 20.7. The van der Waals surface area contributed by atoms with Gasteiger partial charge in [-0.05, 0) is 55.9 Å². The van der Waals surface area contributed by atoms with Gasteiger partial charge in [-0.15, -0.1) is 0 Å². The first-order valence-electron chi connectivity index (χ1n) is 11.9. The standard InChI is InChI=1S/C28H31N3O4/c1-17-26(19(3)35-30-17)21-12-24-27(29-14-21)23(15-31(24)16-28(4)8-10-34-11-9-28)20-6-7-22(18(2)32)25(13-20)33-5/h6-7,12-15,32H,2,8-11,16H2,1,3-5H3. The summed E-state index contributed by atoms with van der Waals surface area (Å²) in [6.45, 7) is 12.3. The zero-order valence-corrected chi connectivity index (χ0v) is 20.7. The molecule has 0 saturated carbocycles. The summed E-state index contributed by atoms with van der Waals surface area (Å²) in [5.41, 5.74) is 7.47. The Morgan fingerprint density at radius 2 is 1.97 bits per heavy atom. The molecule has 182 valence electrons. The number of aliphatic hydroxyl groups is 1. The topological polar surface area (TPSA) is 82.5 Å². The summed E-state index contributed by atoms with van der Waals surface area (Å²) >= 11 is 0. The highest BCUT2D eigenvalue weighted by molar-refractivity contribution is 5.95. The number of aryl methyl sites for hydroxylation is 2. The van der Waals surface area contributed by atoms with Gasteiger partial charge in [-0.2, -0.15) is 0 Å².